The third-order valence-corrected chi connectivity index (χ3v) is 3.77. The summed E-state index contributed by atoms with van der Waals surface area (Å²) in [7, 11) is 1.72. The van der Waals surface area contributed by atoms with Crippen molar-refractivity contribution in [3.05, 3.63) is 70.8 Å². The van der Waals surface area contributed by atoms with Gasteiger partial charge < -0.3 is 4.74 Å². The smallest absolute Gasteiger partial charge is 0.321 e. The molecule has 1 unspecified atom stereocenters. The topological polar surface area (TPSA) is 60.4 Å². The van der Waals surface area contributed by atoms with Crippen LogP contribution in [0.15, 0.2) is 48.5 Å². The van der Waals surface area contributed by atoms with Gasteiger partial charge in [-0.25, -0.2) is 0 Å². The molecule has 2 aromatic carbocycles. The number of carbonyl (C=O) groups is 2. The first-order valence-electron chi connectivity index (χ1n) is 8.29. The van der Waals surface area contributed by atoms with Gasteiger partial charge in [0.15, 0.2) is 5.78 Å². The summed E-state index contributed by atoms with van der Waals surface area (Å²) in [6.07, 6.45) is 0. The number of esters is 1. The van der Waals surface area contributed by atoms with Crippen LogP contribution in [0, 0.1) is 13.8 Å². The summed E-state index contributed by atoms with van der Waals surface area (Å²) >= 11 is 0. The molecule has 0 spiro atoms. The number of benzene rings is 2. The van der Waals surface area contributed by atoms with E-state index in [2.05, 4.69) is 0 Å². The first-order valence-corrected chi connectivity index (χ1v) is 8.70. The summed E-state index contributed by atoms with van der Waals surface area (Å²) in [6.45, 7) is 9.18. The monoisotopic (exact) mass is 372 g/mol. The van der Waals surface area contributed by atoms with E-state index in [0.29, 0.717) is 11.1 Å². The molecule has 0 amide bonds. The molecule has 0 aliphatic rings. The second-order valence-corrected chi connectivity index (χ2v) is 7.01. The number of hydrogen-bond donors (Lipinski definition) is 0. The Morgan fingerprint density at radius 3 is 1.85 bits per heavy atom. The summed E-state index contributed by atoms with van der Waals surface area (Å²) in [5.41, 5.74) is 2.33. The maximum Gasteiger partial charge on any atom is 0.321 e. The second kappa shape index (κ2) is 9.40. The summed E-state index contributed by atoms with van der Waals surface area (Å²) in [4.78, 5) is 26.0. The minimum absolute atomic E-state index is 0.217. The van der Waals surface area contributed by atoms with Crippen molar-refractivity contribution in [2.24, 2.45) is 0 Å². The van der Waals surface area contributed by atoms with Gasteiger partial charge >= 0.3 is 5.97 Å². The Morgan fingerprint density at radius 1 is 0.885 bits per heavy atom. The van der Waals surface area contributed by atoms with Gasteiger partial charge in [0.2, 0.25) is 0 Å². The van der Waals surface area contributed by atoms with Crippen LogP contribution in [-0.4, -0.2) is 17.4 Å². The Labute approximate surface area is 157 Å². The van der Waals surface area contributed by atoms with Crippen LogP contribution in [0.1, 0.15) is 53.7 Å². The predicted molar refractivity (Wildman–Crippen MR) is 104 cm³/mol. The van der Waals surface area contributed by atoms with E-state index in [1.54, 1.807) is 42.0 Å². The van der Waals surface area contributed by atoms with E-state index < -0.39 is 17.5 Å². The first-order chi connectivity index (χ1) is 12.2. The van der Waals surface area contributed by atoms with Crippen molar-refractivity contribution in [3.8, 4) is 0 Å². The molecule has 0 N–H and O–H groups in total. The highest BCUT2D eigenvalue weighted by Crippen LogP contribution is 2.27. The highest BCUT2D eigenvalue weighted by atomic mass is 31.0. The van der Waals surface area contributed by atoms with Crippen LogP contribution in [0.3, 0.4) is 0 Å². The lowest BCUT2D eigenvalue weighted by Crippen LogP contribution is -2.32. The highest BCUT2D eigenvalue weighted by Gasteiger charge is 2.34. The molecule has 4 nitrogen and oxygen atoms in total. The molecule has 0 aliphatic heterocycles. The van der Waals surface area contributed by atoms with E-state index in [-0.39, 0.29) is 5.78 Å². The van der Waals surface area contributed by atoms with E-state index in [1.807, 2.05) is 50.2 Å². The lowest BCUT2D eigenvalue weighted by molar-refractivity contribution is -0.155. The van der Waals surface area contributed by atoms with Crippen molar-refractivity contribution in [1.82, 2.24) is 0 Å². The van der Waals surface area contributed by atoms with Gasteiger partial charge in [-0.1, -0.05) is 48.5 Å². The standard InChI is InChI=1S/C21H24O3.HOP/c1-14-10-9-11-15(2)17(14)19(22)18(16-12-7-6-8-13-16)20(23)24-21(3,4)5;1-2/h6-13,18H,1-5H3;2H. The molecule has 0 saturated carbocycles. The quantitative estimate of drug-likeness (QED) is 0.325. The summed E-state index contributed by atoms with van der Waals surface area (Å²) in [5, 5.41) is 0. The molecule has 2 aromatic rings. The molecule has 0 saturated heterocycles. The largest absolute Gasteiger partial charge is 0.459 e. The molecule has 5 heteroatoms. The van der Waals surface area contributed by atoms with Gasteiger partial charge in [0.1, 0.15) is 20.6 Å². The lowest BCUT2D eigenvalue weighted by atomic mass is 9.86. The van der Waals surface area contributed by atoms with Crippen LogP contribution in [-0.2, 0) is 14.1 Å². The van der Waals surface area contributed by atoms with Crippen LogP contribution in [0.25, 0.3) is 0 Å². The molecule has 0 aliphatic carbocycles. The van der Waals surface area contributed by atoms with Crippen LogP contribution in [0.2, 0.25) is 0 Å². The number of aryl methyl sites for hydroxylation is 2. The molecule has 0 radical (unpaired) electrons. The van der Waals surface area contributed by atoms with Crippen molar-refractivity contribution >= 4 is 20.9 Å². The Hall–Kier alpha value is -2.32. The highest BCUT2D eigenvalue weighted by molar-refractivity contribution is 7.00. The van der Waals surface area contributed by atoms with Crippen molar-refractivity contribution < 1.29 is 18.9 Å². The van der Waals surface area contributed by atoms with Gasteiger partial charge in [-0.3, -0.25) is 14.2 Å². The molecular formula is C21H25O4P. The zero-order valence-corrected chi connectivity index (χ0v) is 16.8. The van der Waals surface area contributed by atoms with E-state index in [4.69, 9.17) is 9.30 Å². The van der Waals surface area contributed by atoms with Gasteiger partial charge in [0.25, 0.3) is 0 Å². The van der Waals surface area contributed by atoms with Crippen molar-refractivity contribution in [1.29, 1.82) is 0 Å². The van der Waals surface area contributed by atoms with Crippen LogP contribution in [0.5, 0.6) is 0 Å². The van der Waals surface area contributed by atoms with Gasteiger partial charge in [0.05, 0.1) is 0 Å². The fourth-order valence-electron chi connectivity index (χ4n) is 2.75. The van der Waals surface area contributed by atoms with Crippen LogP contribution < -0.4 is 0 Å². The SMILES string of the molecule is Cc1cccc(C)c1C(=O)C(C(=O)OC(C)(C)C)c1ccccc1.O=P. The normalized spacial score (nSPS) is 11.7. The molecule has 0 heterocycles. The Kier molecular flexibility index (Phi) is 7.85. The number of carbonyl (C=O) groups excluding carboxylic acids is 2. The summed E-state index contributed by atoms with van der Waals surface area (Å²) in [5.74, 6) is -1.68. The van der Waals surface area contributed by atoms with Gasteiger partial charge in [0, 0.05) is 5.56 Å². The van der Waals surface area contributed by atoms with Crippen molar-refractivity contribution in [3.63, 3.8) is 0 Å². The van der Waals surface area contributed by atoms with E-state index in [0.717, 1.165) is 11.1 Å². The molecule has 0 fully saturated rings. The third-order valence-electron chi connectivity index (χ3n) is 3.77. The number of ketones is 1. The number of rotatable bonds is 4. The zero-order valence-electron chi connectivity index (χ0n) is 15.8. The average Bonchev–Trinajstić information content (AvgIpc) is 2.56. The Bertz CT molecular complexity index is 743. The second-order valence-electron chi connectivity index (χ2n) is 7.01. The van der Waals surface area contributed by atoms with Crippen molar-refractivity contribution in [2.45, 2.75) is 46.1 Å². The number of Topliss-reactive ketones (excluding diaryl/α,β-unsaturated/α-hetero) is 1. The van der Waals surface area contributed by atoms with Gasteiger partial charge in [-0.2, -0.15) is 0 Å². The fraction of sp³-hybridized carbons (Fsp3) is 0.333. The number of hydrogen-bond acceptors (Lipinski definition) is 4. The van der Waals surface area contributed by atoms with E-state index >= 15 is 0 Å². The minimum Gasteiger partial charge on any atom is -0.459 e. The molecule has 26 heavy (non-hydrogen) atoms. The molecular weight excluding hydrogens is 347 g/mol. The van der Waals surface area contributed by atoms with E-state index in [1.165, 1.54) is 0 Å². The maximum absolute atomic E-state index is 13.2. The molecule has 138 valence electrons. The lowest BCUT2D eigenvalue weighted by Gasteiger charge is -2.24. The maximum atomic E-state index is 13.2. The third kappa shape index (κ3) is 5.60. The molecule has 0 bridgehead atoms. The van der Waals surface area contributed by atoms with E-state index in [9.17, 15) is 9.59 Å². The van der Waals surface area contributed by atoms with Crippen molar-refractivity contribution in [2.75, 3.05) is 0 Å². The van der Waals surface area contributed by atoms with Gasteiger partial charge in [-0.15, -0.1) is 0 Å². The molecule has 2 rings (SSSR count). The van der Waals surface area contributed by atoms with Gasteiger partial charge in [-0.05, 0) is 51.3 Å². The Balaban J connectivity index is 0.00000163. The fourth-order valence-corrected chi connectivity index (χ4v) is 2.75. The molecule has 1 atom stereocenters. The van der Waals surface area contributed by atoms with Crippen LogP contribution >= 0.6 is 9.12 Å². The number of ether oxygens (including phenoxy) is 1. The first kappa shape index (κ1) is 21.7. The summed E-state index contributed by atoms with van der Waals surface area (Å²) < 4.78 is 13.6. The minimum atomic E-state index is -0.953. The predicted octanol–water partition coefficient (Wildman–Crippen LogP) is 5.09. The molecule has 0 aromatic heterocycles. The zero-order chi connectivity index (χ0) is 19.9. The summed E-state index contributed by atoms with van der Waals surface area (Å²) in [6, 6.07) is 14.8. The van der Waals surface area contributed by atoms with Crippen LogP contribution in [0.4, 0.5) is 0 Å². The average molecular weight is 372 g/mol. The Morgan fingerprint density at radius 2 is 1.38 bits per heavy atom.